The van der Waals surface area contributed by atoms with Gasteiger partial charge in [-0.05, 0) is 44.0 Å². The number of H-pyrrole nitrogens is 1. The highest BCUT2D eigenvalue weighted by Gasteiger charge is 2.30. The fourth-order valence-corrected chi connectivity index (χ4v) is 5.75. The predicted octanol–water partition coefficient (Wildman–Crippen LogP) is 3.58. The number of aromatic amines is 1. The number of benzene rings is 1. The topological polar surface area (TPSA) is 90.6 Å². The van der Waals surface area contributed by atoms with Gasteiger partial charge < -0.3 is 4.98 Å². The molecule has 7 nitrogen and oxygen atoms in total. The Morgan fingerprint density at radius 3 is 2.29 bits per heavy atom. The average molecular weight is 486 g/mol. The second-order valence-electron chi connectivity index (χ2n) is 7.57. The number of nitrogens with zero attached hydrogens (tertiary/aromatic N) is 2. The first-order chi connectivity index (χ1) is 14.6. The van der Waals surface area contributed by atoms with Crippen LogP contribution in [0.1, 0.15) is 46.0 Å². The van der Waals surface area contributed by atoms with E-state index >= 15 is 0 Å². The van der Waals surface area contributed by atoms with Crippen molar-refractivity contribution < 1.29 is 18.0 Å². The highest BCUT2D eigenvalue weighted by molar-refractivity contribution is 7.89. The molecular formula is C21H25Cl2N3O4S. The molecule has 1 aromatic carbocycles. The molecule has 0 atom stereocenters. The van der Waals surface area contributed by atoms with E-state index in [9.17, 15) is 18.0 Å². The Morgan fingerprint density at radius 1 is 1.10 bits per heavy atom. The number of aromatic nitrogens is 1. The summed E-state index contributed by atoms with van der Waals surface area (Å²) in [5.41, 5.74) is 2.50. The molecule has 0 aliphatic carbocycles. The van der Waals surface area contributed by atoms with E-state index in [4.69, 9.17) is 23.2 Å². The van der Waals surface area contributed by atoms with Gasteiger partial charge in [0.05, 0.1) is 27.2 Å². The third-order valence-corrected chi connectivity index (χ3v) is 8.14. The van der Waals surface area contributed by atoms with Crippen LogP contribution in [-0.2, 0) is 16.4 Å². The molecule has 0 saturated carbocycles. The number of carbonyl (C=O) groups is 2. The highest BCUT2D eigenvalue weighted by atomic mass is 35.5. The number of Topliss-reactive ketones (excluding diaryl/α,β-unsaturated/α-hetero) is 2. The van der Waals surface area contributed by atoms with Gasteiger partial charge in [-0.1, -0.05) is 30.1 Å². The molecule has 1 aliphatic rings. The van der Waals surface area contributed by atoms with Crippen LogP contribution in [0.25, 0.3) is 0 Å². The smallest absolute Gasteiger partial charge is 0.243 e. The summed E-state index contributed by atoms with van der Waals surface area (Å²) < 4.78 is 27.2. The van der Waals surface area contributed by atoms with Crippen LogP contribution >= 0.6 is 23.2 Å². The van der Waals surface area contributed by atoms with Crippen molar-refractivity contribution in [3.05, 3.63) is 50.8 Å². The van der Waals surface area contributed by atoms with Crippen LogP contribution in [0.4, 0.5) is 0 Å². The van der Waals surface area contributed by atoms with E-state index in [1.54, 1.807) is 6.92 Å². The molecule has 0 amide bonds. The van der Waals surface area contributed by atoms with Gasteiger partial charge in [-0.2, -0.15) is 4.31 Å². The van der Waals surface area contributed by atoms with Crippen molar-refractivity contribution in [2.75, 3.05) is 32.7 Å². The van der Waals surface area contributed by atoms with Gasteiger partial charge in [-0.15, -0.1) is 0 Å². The van der Waals surface area contributed by atoms with Crippen molar-refractivity contribution in [1.82, 2.24) is 14.2 Å². The SMILES string of the molecule is CCc1c(C(=O)CN2CCN(S(=O)(=O)c3ccc(Cl)c(Cl)c3)CC2)[nH]c(C)c1C(C)=O. The van der Waals surface area contributed by atoms with Gasteiger partial charge in [-0.3, -0.25) is 14.5 Å². The van der Waals surface area contributed by atoms with Gasteiger partial charge in [0.2, 0.25) is 10.0 Å². The quantitative estimate of drug-likeness (QED) is 0.605. The Kier molecular flexibility index (Phi) is 7.28. The first-order valence-corrected chi connectivity index (χ1v) is 12.2. The van der Waals surface area contributed by atoms with Gasteiger partial charge in [0, 0.05) is 37.4 Å². The molecule has 168 valence electrons. The van der Waals surface area contributed by atoms with E-state index in [1.165, 1.54) is 29.4 Å². The van der Waals surface area contributed by atoms with Crippen LogP contribution in [-0.4, -0.2) is 66.9 Å². The van der Waals surface area contributed by atoms with Gasteiger partial charge in [0.25, 0.3) is 0 Å². The summed E-state index contributed by atoms with van der Waals surface area (Å²) in [5, 5.41) is 0.479. The number of ketones is 2. The van der Waals surface area contributed by atoms with Crippen LogP contribution in [0.2, 0.25) is 10.0 Å². The first kappa shape index (κ1) is 23.9. The molecule has 1 aromatic heterocycles. The van der Waals surface area contributed by atoms with Crippen LogP contribution in [0.5, 0.6) is 0 Å². The highest BCUT2D eigenvalue weighted by Crippen LogP contribution is 2.27. The summed E-state index contributed by atoms with van der Waals surface area (Å²) in [6.07, 6.45) is 0.579. The monoisotopic (exact) mass is 485 g/mol. The van der Waals surface area contributed by atoms with Crippen molar-refractivity contribution >= 4 is 44.8 Å². The Morgan fingerprint density at radius 2 is 1.74 bits per heavy atom. The number of hydrogen-bond donors (Lipinski definition) is 1. The van der Waals surface area contributed by atoms with Crippen molar-refractivity contribution in [3.8, 4) is 0 Å². The Labute approximate surface area is 192 Å². The summed E-state index contributed by atoms with van der Waals surface area (Å²) in [6.45, 7) is 6.73. The number of nitrogens with one attached hydrogen (secondary N) is 1. The lowest BCUT2D eigenvalue weighted by Gasteiger charge is -2.33. The maximum absolute atomic E-state index is 12.9. The largest absolute Gasteiger partial charge is 0.355 e. The lowest BCUT2D eigenvalue weighted by molar-refractivity contribution is 0.0896. The summed E-state index contributed by atoms with van der Waals surface area (Å²) in [6, 6.07) is 4.25. The lowest BCUT2D eigenvalue weighted by Crippen LogP contribution is -2.49. The summed E-state index contributed by atoms with van der Waals surface area (Å²) in [4.78, 5) is 29.9. The molecular weight excluding hydrogens is 461 g/mol. The molecule has 3 rings (SSSR count). The van der Waals surface area contributed by atoms with Gasteiger partial charge in [-0.25, -0.2) is 8.42 Å². The van der Waals surface area contributed by atoms with Crippen molar-refractivity contribution in [2.24, 2.45) is 0 Å². The lowest BCUT2D eigenvalue weighted by atomic mass is 10.0. The summed E-state index contributed by atoms with van der Waals surface area (Å²) in [5.74, 6) is -0.168. The third-order valence-electron chi connectivity index (χ3n) is 5.50. The number of sulfonamides is 1. The van der Waals surface area contributed by atoms with Gasteiger partial charge >= 0.3 is 0 Å². The maximum Gasteiger partial charge on any atom is 0.243 e. The number of carbonyl (C=O) groups excluding carboxylic acids is 2. The van der Waals surface area contributed by atoms with E-state index in [1.807, 2.05) is 11.8 Å². The molecule has 2 aromatic rings. The minimum absolute atomic E-state index is 0.0641. The molecule has 1 N–H and O–H groups in total. The first-order valence-electron chi connectivity index (χ1n) is 9.99. The Balaban J connectivity index is 1.68. The Hall–Kier alpha value is -1.71. The van der Waals surface area contributed by atoms with Crippen LogP contribution in [0.3, 0.4) is 0 Å². The predicted molar refractivity (Wildman–Crippen MR) is 121 cm³/mol. The minimum Gasteiger partial charge on any atom is -0.355 e. The fraction of sp³-hybridized carbons (Fsp3) is 0.429. The third kappa shape index (κ3) is 4.88. The molecule has 31 heavy (non-hydrogen) atoms. The summed E-state index contributed by atoms with van der Waals surface area (Å²) >= 11 is 11.9. The van der Waals surface area contributed by atoms with Gasteiger partial charge in [0.15, 0.2) is 11.6 Å². The molecule has 0 bridgehead atoms. The number of piperazine rings is 1. The van der Waals surface area contributed by atoms with Crippen molar-refractivity contribution in [2.45, 2.75) is 32.1 Å². The van der Waals surface area contributed by atoms with Crippen LogP contribution in [0, 0.1) is 6.92 Å². The molecule has 1 fully saturated rings. The molecule has 0 unspecified atom stereocenters. The van der Waals surface area contributed by atoms with Crippen LogP contribution < -0.4 is 0 Å². The average Bonchev–Trinajstić information content (AvgIpc) is 3.07. The van der Waals surface area contributed by atoms with Crippen molar-refractivity contribution in [3.63, 3.8) is 0 Å². The van der Waals surface area contributed by atoms with E-state index < -0.39 is 10.0 Å². The minimum atomic E-state index is -3.69. The zero-order chi connectivity index (χ0) is 22.9. The second-order valence-corrected chi connectivity index (χ2v) is 10.3. The Bertz CT molecular complexity index is 1120. The van der Waals surface area contributed by atoms with Crippen molar-refractivity contribution in [1.29, 1.82) is 0 Å². The zero-order valence-corrected chi connectivity index (χ0v) is 20.0. The summed E-state index contributed by atoms with van der Waals surface area (Å²) in [7, 11) is -3.69. The molecule has 10 heteroatoms. The molecule has 1 aliphatic heterocycles. The maximum atomic E-state index is 12.9. The molecule has 1 saturated heterocycles. The second kappa shape index (κ2) is 9.42. The van der Waals surface area contributed by atoms with E-state index in [0.29, 0.717) is 41.5 Å². The number of aryl methyl sites for hydroxylation is 1. The van der Waals surface area contributed by atoms with Crippen LogP contribution in [0.15, 0.2) is 23.1 Å². The van der Waals surface area contributed by atoms with E-state index in [-0.39, 0.29) is 41.1 Å². The number of halogens is 2. The molecule has 0 radical (unpaired) electrons. The standard InChI is InChI=1S/C21H25Cl2N3O4S/c1-4-16-20(14(3)27)13(2)24-21(16)19(28)12-25-7-9-26(10-8-25)31(29,30)15-5-6-17(22)18(23)11-15/h5-6,11,24H,4,7-10,12H2,1-3H3. The van der Waals surface area contributed by atoms with Gasteiger partial charge in [0.1, 0.15) is 0 Å². The normalized spacial score (nSPS) is 15.9. The molecule has 2 heterocycles. The number of hydrogen-bond acceptors (Lipinski definition) is 5. The van der Waals surface area contributed by atoms with E-state index in [2.05, 4.69) is 4.98 Å². The molecule has 0 spiro atoms. The van der Waals surface area contributed by atoms with E-state index in [0.717, 1.165) is 5.56 Å². The zero-order valence-electron chi connectivity index (χ0n) is 17.7. The fourth-order valence-electron chi connectivity index (χ4n) is 3.94. The number of rotatable bonds is 7.